The minimum absolute atomic E-state index is 0.0785. The number of nitrogens with zero attached hydrogens (tertiary/aromatic N) is 2. The van der Waals surface area contributed by atoms with Gasteiger partial charge >= 0.3 is 0 Å². The third-order valence-electron chi connectivity index (χ3n) is 5.24. The average Bonchev–Trinajstić information content (AvgIpc) is 2.63. The van der Waals surface area contributed by atoms with Gasteiger partial charge in [0.2, 0.25) is 5.91 Å². The molecule has 2 bridgehead atoms. The molecule has 3 atom stereocenters. The smallest absolute Gasteiger partial charge is 0.233 e. The van der Waals surface area contributed by atoms with Crippen molar-refractivity contribution in [3.8, 4) is 5.75 Å². The Bertz CT molecular complexity index is 969. The van der Waals surface area contributed by atoms with Gasteiger partial charge in [0.05, 0.1) is 11.1 Å². The highest BCUT2D eigenvalue weighted by Gasteiger charge is 2.59. The van der Waals surface area contributed by atoms with Crippen molar-refractivity contribution >= 4 is 52.1 Å². The van der Waals surface area contributed by atoms with Crippen LogP contribution in [0.3, 0.4) is 0 Å². The second kappa shape index (κ2) is 6.79. The van der Waals surface area contributed by atoms with Crippen molar-refractivity contribution in [2.75, 3.05) is 19.0 Å². The third kappa shape index (κ3) is 2.82. The number of benzene rings is 2. The van der Waals surface area contributed by atoms with Gasteiger partial charge in [0.15, 0.2) is 10.8 Å². The fourth-order valence-electron chi connectivity index (χ4n) is 4.02. The molecule has 3 unspecified atom stereocenters. The van der Waals surface area contributed by atoms with Crippen LogP contribution in [0.5, 0.6) is 5.75 Å². The first kappa shape index (κ1) is 19.3. The number of carbonyl (C=O) groups is 1. The Hall–Kier alpha value is -2.02. The Morgan fingerprint density at radius 3 is 2.57 bits per heavy atom. The number of amides is 1. The van der Waals surface area contributed by atoms with E-state index in [-0.39, 0.29) is 5.91 Å². The van der Waals surface area contributed by atoms with Gasteiger partial charge < -0.3 is 15.0 Å². The van der Waals surface area contributed by atoms with Crippen molar-refractivity contribution in [3.05, 3.63) is 58.1 Å². The van der Waals surface area contributed by atoms with Gasteiger partial charge in [-0.25, -0.2) is 0 Å². The Morgan fingerprint density at radius 1 is 1.25 bits per heavy atom. The Kier molecular flexibility index (Phi) is 4.68. The van der Waals surface area contributed by atoms with Gasteiger partial charge in [-0.15, -0.1) is 0 Å². The highest BCUT2D eigenvalue weighted by molar-refractivity contribution is 7.80. The van der Waals surface area contributed by atoms with Gasteiger partial charge in [0.1, 0.15) is 11.7 Å². The van der Waals surface area contributed by atoms with Crippen LogP contribution < -0.4 is 15.0 Å². The molecule has 1 amide bonds. The molecular weight excluding hydrogens is 417 g/mol. The molecule has 0 aromatic heterocycles. The van der Waals surface area contributed by atoms with Crippen molar-refractivity contribution in [3.63, 3.8) is 0 Å². The standard InChI is InChI=1S/C20H19Cl2N3O2S/c1-20-15(18(26)24(2)3)16(13-9-11(21)10-14(22)17(13)27-20)23-19(28)25(20)12-7-5-4-6-8-12/h4-10,15-16H,1-3H3,(H,23,28). The number of thiocarbonyl (C=S) groups is 1. The van der Waals surface area contributed by atoms with Crippen LogP contribution in [-0.2, 0) is 4.79 Å². The van der Waals surface area contributed by atoms with E-state index in [1.165, 1.54) is 0 Å². The molecule has 0 saturated carbocycles. The fraction of sp³-hybridized carbons (Fsp3) is 0.300. The molecule has 2 aromatic rings. The van der Waals surface area contributed by atoms with Gasteiger partial charge in [0.25, 0.3) is 0 Å². The summed E-state index contributed by atoms with van der Waals surface area (Å²) in [5.41, 5.74) is 0.483. The Labute approximate surface area is 179 Å². The highest BCUT2D eigenvalue weighted by Crippen LogP contribution is 2.52. The summed E-state index contributed by atoms with van der Waals surface area (Å²) < 4.78 is 6.46. The normalized spacial score (nSPS) is 25.5. The fourth-order valence-corrected chi connectivity index (χ4v) is 4.98. The number of halogens is 2. The summed E-state index contributed by atoms with van der Waals surface area (Å²) >= 11 is 18.4. The van der Waals surface area contributed by atoms with E-state index in [1.807, 2.05) is 42.2 Å². The lowest BCUT2D eigenvalue weighted by Gasteiger charge is -2.56. The maximum Gasteiger partial charge on any atom is 0.233 e. The summed E-state index contributed by atoms with van der Waals surface area (Å²) in [6, 6.07) is 12.6. The quantitative estimate of drug-likeness (QED) is 0.714. The van der Waals surface area contributed by atoms with Crippen LogP contribution in [0.25, 0.3) is 0 Å². The van der Waals surface area contributed by atoms with Crippen molar-refractivity contribution in [2.24, 2.45) is 5.92 Å². The molecular formula is C20H19Cl2N3O2S. The van der Waals surface area contributed by atoms with Crippen LogP contribution >= 0.6 is 35.4 Å². The van der Waals surface area contributed by atoms with E-state index >= 15 is 0 Å². The van der Waals surface area contributed by atoms with E-state index < -0.39 is 17.7 Å². The van der Waals surface area contributed by atoms with Crippen LogP contribution in [0.15, 0.2) is 42.5 Å². The summed E-state index contributed by atoms with van der Waals surface area (Å²) in [7, 11) is 3.46. The summed E-state index contributed by atoms with van der Waals surface area (Å²) in [6.45, 7) is 1.88. The van der Waals surface area contributed by atoms with Gasteiger partial charge in [0, 0.05) is 30.4 Å². The van der Waals surface area contributed by atoms with Gasteiger partial charge in [-0.1, -0.05) is 41.4 Å². The molecule has 2 aliphatic heterocycles. The van der Waals surface area contributed by atoms with Crippen LogP contribution in [0.4, 0.5) is 5.69 Å². The second-order valence-electron chi connectivity index (χ2n) is 7.27. The zero-order valence-electron chi connectivity index (χ0n) is 15.6. The van der Waals surface area contributed by atoms with Crippen LogP contribution in [0.2, 0.25) is 10.0 Å². The van der Waals surface area contributed by atoms with Crippen molar-refractivity contribution in [2.45, 2.75) is 18.7 Å². The number of para-hydroxylation sites is 1. The predicted molar refractivity (Wildman–Crippen MR) is 115 cm³/mol. The number of hydrogen-bond acceptors (Lipinski definition) is 3. The first-order valence-electron chi connectivity index (χ1n) is 8.79. The molecule has 146 valence electrons. The Morgan fingerprint density at radius 2 is 1.93 bits per heavy atom. The largest absolute Gasteiger partial charge is 0.465 e. The lowest BCUT2D eigenvalue weighted by molar-refractivity contribution is -0.144. The first-order chi connectivity index (χ1) is 13.2. The van der Waals surface area contributed by atoms with E-state index in [0.717, 1.165) is 11.3 Å². The average molecular weight is 436 g/mol. The predicted octanol–water partition coefficient (Wildman–Crippen LogP) is 4.24. The van der Waals surface area contributed by atoms with Crippen molar-refractivity contribution in [1.82, 2.24) is 10.2 Å². The summed E-state index contributed by atoms with van der Waals surface area (Å²) in [5, 5.41) is 4.68. The SMILES string of the molecule is CN(C)C(=O)C1C2NC(=S)N(c3ccccc3)C1(C)Oc1c(Cl)cc(Cl)cc12. The summed E-state index contributed by atoms with van der Waals surface area (Å²) in [4.78, 5) is 16.7. The highest BCUT2D eigenvalue weighted by atomic mass is 35.5. The van der Waals surface area contributed by atoms with Crippen molar-refractivity contribution in [1.29, 1.82) is 0 Å². The maximum absolute atomic E-state index is 13.2. The van der Waals surface area contributed by atoms with Crippen LogP contribution in [-0.4, -0.2) is 35.7 Å². The maximum atomic E-state index is 13.2. The zero-order chi connectivity index (χ0) is 20.2. The number of nitrogens with one attached hydrogen (secondary N) is 1. The van der Waals surface area contributed by atoms with Crippen LogP contribution in [0.1, 0.15) is 18.5 Å². The van der Waals surface area contributed by atoms with E-state index in [1.54, 1.807) is 31.1 Å². The number of anilines is 1. The van der Waals surface area contributed by atoms with E-state index in [0.29, 0.717) is 20.9 Å². The number of rotatable bonds is 2. The molecule has 8 heteroatoms. The molecule has 2 aromatic carbocycles. The monoisotopic (exact) mass is 435 g/mol. The minimum atomic E-state index is -1.07. The Balaban J connectivity index is 1.96. The van der Waals surface area contributed by atoms with E-state index in [2.05, 4.69) is 5.32 Å². The number of hydrogen-bond donors (Lipinski definition) is 1. The number of fused-ring (bicyclic) bond motifs is 4. The third-order valence-corrected chi connectivity index (χ3v) is 6.04. The van der Waals surface area contributed by atoms with E-state index in [4.69, 9.17) is 40.2 Å². The molecule has 2 heterocycles. The number of ether oxygens (including phenoxy) is 1. The van der Waals surface area contributed by atoms with Crippen molar-refractivity contribution < 1.29 is 9.53 Å². The lowest BCUT2D eigenvalue weighted by Crippen LogP contribution is -2.72. The molecule has 1 fully saturated rings. The topological polar surface area (TPSA) is 44.8 Å². The van der Waals surface area contributed by atoms with Gasteiger partial charge in [-0.3, -0.25) is 9.69 Å². The molecule has 1 saturated heterocycles. The summed E-state index contributed by atoms with van der Waals surface area (Å²) in [6.07, 6.45) is 0. The molecule has 0 aliphatic carbocycles. The van der Waals surface area contributed by atoms with E-state index in [9.17, 15) is 4.79 Å². The van der Waals surface area contributed by atoms with Gasteiger partial charge in [-0.05, 0) is 43.4 Å². The second-order valence-corrected chi connectivity index (χ2v) is 8.50. The van der Waals surface area contributed by atoms with Gasteiger partial charge in [-0.2, -0.15) is 0 Å². The molecule has 28 heavy (non-hydrogen) atoms. The molecule has 1 N–H and O–H groups in total. The minimum Gasteiger partial charge on any atom is -0.465 e. The lowest BCUT2D eigenvalue weighted by atomic mass is 9.78. The first-order valence-corrected chi connectivity index (χ1v) is 9.95. The number of carbonyl (C=O) groups excluding carboxylic acids is 1. The molecule has 0 radical (unpaired) electrons. The molecule has 5 nitrogen and oxygen atoms in total. The molecule has 2 aliphatic rings. The molecule has 0 spiro atoms. The molecule has 4 rings (SSSR count). The zero-order valence-corrected chi connectivity index (χ0v) is 17.9. The summed E-state index contributed by atoms with van der Waals surface area (Å²) in [5.74, 6) is -0.140. The van der Waals surface area contributed by atoms with Crippen LogP contribution in [0, 0.1) is 5.92 Å².